The molecule has 0 radical (unpaired) electrons. The van der Waals surface area contributed by atoms with Crippen LogP contribution in [-0.4, -0.2) is 27.9 Å². The molecule has 1 heterocycles. The molecule has 1 aromatic heterocycles. The van der Waals surface area contributed by atoms with Gasteiger partial charge in [0.1, 0.15) is 5.82 Å². The van der Waals surface area contributed by atoms with Crippen LogP contribution >= 0.6 is 0 Å². The van der Waals surface area contributed by atoms with Crippen molar-refractivity contribution in [2.24, 2.45) is 11.8 Å². The van der Waals surface area contributed by atoms with E-state index in [0.717, 1.165) is 0 Å². The smallest absolute Gasteiger partial charge is 0.307 e. The minimum absolute atomic E-state index is 0.310. The Morgan fingerprint density at radius 3 is 2.26 bits per heavy atom. The summed E-state index contributed by atoms with van der Waals surface area (Å²) in [6, 6.07) is 11.6. The van der Waals surface area contributed by atoms with Crippen LogP contribution in [0.25, 0.3) is 0 Å². The van der Waals surface area contributed by atoms with Crippen molar-refractivity contribution in [3.8, 4) is 0 Å². The number of carboxylic acids is 1. The van der Waals surface area contributed by atoms with Gasteiger partial charge in [-0.15, -0.1) is 0 Å². The maximum Gasteiger partial charge on any atom is 0.307 e. The SMILES string of the molecule is O=C(Nc1ccccn1)c1ccc(NC(=O)C2CC=CCC2C(=O)O)cc1. The molecular weight excluding hydrogens is 346 g/mol. The van der Waals surface area contributed by atoms with Crippen molar-refractivity contribution >= 4 is 29.3 Å². The van der Waals surface area contributed by atoms with Crippen LogP contribution in [0.15, 0.2) is 60.8 Å². The maximum atomic E-state index is 12.4. The minimum atomic E-state index is -0.971. The fourth-order valence-corrected chi connectivity index (χ4v) is 2.94. The molecule has 1 aliphatic carbocycles. The lowest BCUT2D eigenvalue weighted by Crippen LogP contribution is -2.34. The molecule has 7 heteroatoms. The number of allylic oxidation sites excluding steroid dienone is 2. The third-order valence-corrected chi connectivity index (χ3v) is 4.41. The molecule has 1 aliphatic rings. The molecule has 2 aromatic rings. The second-order valence-electron chi connectivity index (χ2n) is 6.23. The number of pyridine rings is 1. The summed E-state index contributed by atoms with van der Waals surface area (Å²) in [7, 11) is 0. The summed E-state index contributed by atoms with van der Waals surface area (Å²) in [5.74, 6) is -2.50. The number of nitrogens with one attached hydrogen (secondary N) is 2. The molecule has 2 amide bonds. The first-order valence-corrected chi connectivity index (χ1v) is 8.55. The molecule has 0 saturated carbocycles. The van der Waals surface area contributed by atoms with Crippen LogP contribution in [0.2, 0.25) is 0 Å². The Hall–Kier alpha value is -3.48. The largest absolute Gasteiger partial charge is 0.481 e. The number of rotatable bonds is 5. The summed E-state index contributed by atoms with van der Waals surface area (Å²) in [5.41, 5.74) is 0.927. The normalized spacial score (nSPS) is 18.5. The van der Waals surface area contributed by atoms with E-state index in [-0.39, 0.29) is 11.8 Å². The number of hydrogen-bond donors (Lipinski definition) is 3. The second-order valence-corrected chi connectivity index (χ2v) is 6.23. The monoisotopic (exact) mass is 365 g/mol. The lowest BCUT2D eigenvalue weighted by Gasteiger charge is -2.24. The summed E-state index contributed by atoms with van der Waals surface area (Å²) in [4.78, 5) is 40.0. The summed E-state index contributed by atoms with van der Waals surface area (Å²) < 4.78 is 0. The highest BCUT2D eigenvalue weighted by Gasteiger charge is 2.33. The molecule has 2 unspecified atom stereocenters. The maximum absolute atomic E-state index is 12.4. The van der Waals surface area contributed by atoms with Gasteiger partial charge in [-0.1, -0.05) is 18.2 Å². The van der Waals surface area contributed by atoms with Gasteiger partial charge in [0.05, 0.1) is 11.8 Å². The molecule has 1 aromatic carbocycles. The predicted octanol–water partition coefficient (Wildman–Crippen LogP) is 2.94. The van der Waals surface area contributed by atoms with Crippen molar-refractivity contribution in [2.45, 2.75) is 12.8 Å². The Morgan fingerprint density at radius 1 is 0.926 bits per heavy atom. The fraction of sp³-hybridized carbons (Fsp3) is 0.200. The van der Waals surface area contributed by atoms with Crippen molar-refractivity contribution in [3.05, 3.63) is 66.4 Å². The van der Waals surface area contributed by atoms with Gasteiger partial charge >= 0.3 is 5.97 Å². The van der Waals surface area contributed by atoms with Gasteiger partial charge in [0.2, 0.25) is 5.91 Å². The molecule has 27 heavy (non-hydrogen) atoms. The summed E-state index contributed by atoms with van der Waals surface area (Å²) in [6.07, 6.45) is 5.94. The molecule has 0 spiro atoms. The van der Waals surface area contributed by atoms with E-state index in [1.165, 1.54) is 0 Å². The van der Waals surface area contributed by atoms with Gasteiger partial charge in [-0.3, -0.25) is 14.4 Å². The van der Waals surface area contributed by atoms with Gasteiger partial charge in [-0.2, -0.15) is 0 Å². The van der Waals surface area contributed by atoms with Gasteiger partial charge in [-0.25, -0.2) is 4.98 Å². The number of benzene rings is 1. The third-order valence-electron chi connectivity index (χ3n) is 4.41. The van der Waals surface area contributed by atoms with Crippen LogP contribution in [0.1, 0.15) is 23.2 Å². The van der Waals surface area contributed by atoms with Crippen molar-refractivity contribution in [1.29, 1.82) is 0 Å². The molecule has 3 N–H and O–H groups in total. The number of aromatic nitrogens is 1. The van der Waals surface area contributed by atoms with E-state index < -0.39 is 17.8 Å². The third kappa shape index (κ3) is 4.58. The molecule has 7 nitrogen and oxygen atoms in total. The summed E-state index contributed by atoms with van der Waals surface area (Å²) >= 11 is 0. The van der Waals surface area contributed by atoms with Crippen LogP contribution in [0.5, 0.6) is 0 Å². The molecule has 138 valence electrons. The topological polar surface area (TPSA) is 108 Å². The zero-order chi connectivity index (χ0) is 19.2. The van der Waals surface area contributed by atoms with Crippen molar-refractivity contribution in [3.63, 3.8) is 0 Å². The van der Waals surface area contributed by atoms with E-state index in [2.05, 4.69) is 15.6 Å². The van der Waals surface area contributed by atoms with E-state index in [1.54, 1.807) is 54.7 Å². The quantitative estimate of drug-likeness (QED) is 0.706. The Bertz CT molecular complexity index is 863. The number of aliphatic carboxylic acids is 1. The molecule has 0 saturated heterocycles. The van der Waals surface area contributed by atoms with Gasteiger partial charge in [0.15, 0.2) is 0 Å². The number of anilines is 2. The van der Waals surface area contributed by atoms with Crippen LogP contribution in [0.3, 0.4) is 0 Å². The van der Waals surface area contributed by atoms with E-state index in [1.807, 2.05) is 6.08 Å². The van der Waals surface area contributed by atoms with Crippen molar-refractivity contribution in [1.82, 2.24) is 4.98 Å². The van der Waals surface area contributed by atoms with Crippen molar-refractivity contribution < 1.29 is 19.5 Å². The fourth-order valence-electron chi connectivity index (χ4n) is 2.94. The second kappa shape index (κ2) is 8.27. The number of nitrogens with zero attached hydrogens (tertiary/aromatic N) is 1. The predicted molar refractivity (Wildman–Crippen MR) is 100 cm³/mol. The number of carbonyl (C=O) groups excluding carboxylic acids is 2. The first kappa shape index (κ1) is 18.3. The van der Waals surface area contributed by atoms with Crippen molar-refractivity contribution in [2.75, 3.05) is 10.6 Å². The van der Waals surface area contributed by atoms with Crippen LogP contribution in [0, 0.1) is 11.8 Å². The van der Waals surface area contributed by atoms with Gasteiger partial charge in [0, 0.05) is 17.4 Å². The Morgan fingerprint density at radius 2 is 1.63 bits per heavy atom. The van der Waals surface area contributed by atoms with Crippen LogP contribution < -0.4 is 10.6 Å². The van der Waals surface area contributed by atoms with Gasteiger partial charge in [0.25, 0.3) is 5.91 Å². The van der Waals surface area contributed by atoms with Crippen LogP contribution in [-0.2, 0) is 9.59 Å². The Balaban J connectivity index is 1.63. The molecule has 0 bridgehead atoms. The molecule has 3 rings (SSSR count). The number of hydrogen-bond acceptors (Lipinski definition) is 4. The number of carbonyl (C=O) groups is 3. The Kier molecular flexibility index (Phi) is 5.61. The summed E-state index contributed by atoms with van der Waals surface area (Å²) in [6.45, 7) is 0. The standard InChI is InChI=1S/C20H19N3O4/c24-18(23-17-7-3-4-12-21-17)13-8-10-14(11-9-13)22-19(25)15-5-1-2-6-16(15)20(26)27/h1-4,7-12,15-16H,5-6H2,(H,22,25)(H,26,27)(H,21,23,24). The lowest BCUT2D eigenvalue weighted by atomic mass is 9.82. The first-order chi connectivity index (χ1) is 13.0. The minimum Gasteiger partial charge on any atom is -0.481 e. The van der Waals surface area contributed by atoms with Crippen LogP contribution in [0.4, 0.5) is 11.5 Å². The average molecular weight is 365 g/mol. The van der Waals surface area contributed by atoms with Gasteiger partial charge < -0.3 is 15.7 Å². The highest BCUT2D eigenvalue weighted by molar-refractivity contribution is 6.04. The number of amides is 2. The Labute approximate surface area is 156 Å². The lowest BCUT2D eigenvalue weighted by molar-refractivity contribution is -0.146. The van der Waals surface area contributed by atoms with E-state index in [0.29, 0.717) is 29.9 Å². The molecular formula is C20H19N3O4. The van der Waals surface area contributed by atoms with E-state index in [9.17, 15) is 19.5 Å². The van der Waals surface area contributed by atoms with Gasteiger partial charge in [-0.05, 0) is 49.2 Å². The zero-order valence-corrected chi connectivity index (χ0v) is 14.5. The van der Waals surface area contributed by atoms with E-state index in [4.69, 9.17) is 0 Å². The highest BCUT2D eigenvalue weighted by Crippen LogP contribution is 2.27. The summed E-state index contributed by atoms with van der Waals surface area (Å²) in [5, 5.41) is 14.7. The zero-order valence-electron chi connectivity index (χ0n) is 14.5. The molecule has 0 aliphatic heterocycles. The molecule has 0 fully saturated rings. The highest BCUT2D eigenvalue weighted by atomic mass is 16.4. The average Bonchev–Trinajstić information content (AvgIpc) is 2.69. The molecule has 2 atom stereocenters. The first-order valence-electron chi connectivity index (χ1n) is 8.55. The number of carboxylic acid groups (broad SMARTS) is 1. The van der Waals surface area contributed by atoms with E-state index >= 15 is 0 Å².